The number of benzene rings is 1. The number of halogens is 3. The van der Waals surface area contributed by atoms with E-state index in [1.165, 1.54) is 19.1 Å². The quantitative estimate of drug-likeness (QED) is 0.899. The number of aliphatic hydroxyl groups excluding tert-OH is 1. The molecule has 0 radical (unpaired) electrons. The van der Waals surface area contributed by atoms with Gasteiger partial charge in [-0.25, -0.2) is 0 Å². The molecule has 20 heavy (non-hydrogen) atoms. The van der Waals surface area contributed by atoms with E-state index in [2.05, 4.69) is 0 Å². The van der Waals surface area contributed by atoms with Crippen LogP contribution >= 0.6 is 0 Å². The number of likely N-dealkylation sites (N-methyl/N-ethyl adjacent to an activating group) is 1. The van der Waals surface area contributed by atoms with E-state index in [1.807, 2.05) is 6.07 Å². The average Bonchev–Trinajstić information content (AvgIpc) is 2.37. The fourth-order valence-electron chi connectivity index (χ4n) is 1.72. The maximum Gasteiger partial charge on any atom is 0.415 e. The lowest BCUT2D eigenvalue weighted by molar-refractivity contribution is -0.207. The van der Waals surface area contributed by atoms with Gasteiger partial charge in [-0.3, -0.25) is 4.90 Å². The smallest absolute Gasteiger partial charge is 0.415 e. The van der Waals surface area contributed by atoms with Crippen molar-refractivity contribution >= 4 is 0 Å². The van der Waals surface area contributed by atoms with Gasteiger partial charge in [0, 0.05) is 13.1 Å². The van der Waals surface area contributed by atoms with Gasteiger partial charge in [-0.1, -0.05) is 6.07 Å². The van der Waals surface area contributed by atoms with Gasteiger partial charge in [-0.05, 0) is 24.7 Å². The van der Waals surface area contributed by atoms with Crippen LogP contribution in [-0.4, -0.2) is 43.0 Å². The van der Waals surface area contributed by atoms with Crippen LogP contribution in [-0.2, 0) is 6.54 Å². The first-order valence-corrected chi connectivity index (χ1v) is 5.78. The van der Waals surface area contributed by atoms with Crippen molar-refractivity contribution in [2.45, 2.75) is 18.8 Å². The largest absolute Gasteiger partial charge is 0.495 e. The molecule has 1 N–H and O–H groups in total. The van der Waals surface area contributed by atoms with E-state index >= 15 is 0 Å². The summed E-state index contributed by atoms with van der Waals surface area (Å²) in [6.07, 6.45) is -7.02. The lowest BCUT2D eigenvalue weighted by Gasteiger charge is -2.22. The van der Waals surface area contributed by atoms with E-state index in [0.29, 0.717) is 16.9 Å². The topological polar surface area (TPSA) is 56.5 Å². The number of hydrogen-bond acceptors (Lipinski definition) is 4. The Morgan fingerprint density at radius 2 is 2.10 bits per heavy atom. The maximum absolute atomic E-state index is 12.2. The van der Waals surface area contributed by atoms with Gasteiger partial charge in [-0.15, -0.1) is 0 Å². The van der Waals surface area contributed by atoms with Crippen LogP contribution in [0.1, 0.15) is 11.1 Å². The Morgan fingerprint density at radius 3 is 2.60 bits per heavy atom. The Bertz CT molecular complexity index is 497. The molecule has 0 spiro atoms. The van der Waals surface area contributed by atoms with E-state index in [9.17, 15) is 13.2 Å². The number of methoxy groups -OCH3 is 1. The minimum absolute atomic E-state index is 0.186. The van der Waals surface area contributed by atoms with Crippen LogP contribution in [0, 0.1) is 11.3 Å². The van der Waals surface area contributed by atoms with Crippen molar-refractivity contribution in [1.82, 2.24) is 4.90 Å². The van der Waals surface area contributed by atoms with Gasteiger partial charge >= 0.3 is 6.18 Å². The molecule has 0 amide bonds. The molecule has 7 heteroatoms. The van der Waals surface area contributed by atoms with Crippen LogP contribution in [0.4, 0.5) is 13.2 Å². The molecule has 4 nitrogen and oxygen atoms in total. The van der Waals surface area contributed by atoms with Crippen LogP contribution in [0.3, 0.4) is 0 Å². The third-order valence-corrected chi connectivity index (χ3v) is 2.70. The van der Waals surface area contributed by atoms with Gasteiger partial charge in [0.05, 0.1) is 12.7 Å². The zero-order valence-corrected chi connectivity index (χ0v) is 11.1. The SMILES string of the molecule is COc1ccc(CN(C)CC(O)C(F)(F)F)cc1C#N. The minimum Gasteiger partial charge on any atom is -0.495 e. The lowest BCUT2D eigenvalue weighted by atomic mass is 10.1. The minimum atomic E-state index is -4.63. The average molecular weight is 288 g/mol. The van der Waals surface area contributed by atoms with Gasteiger partial charge in [0.2, 0.25) is 0 Å². The molecule has 1 atom stereocenters. The molecular formula is C13H15F3N2O2. The molecular weight excluding hydrogens is 273 g/mol. The third kappa shape index (κ3) is 4.40. The van der Waals surface area contributed by atoms with Crippen LogP contribution in [0.5, 0.6) is 5.75 Å². The molecule has 1 aromatic carbocycles. The zero-order valence-electron chi connectivity index (χ0n) is 11.1. The number of aliphatic hydroxyl groups is 1. The molecule has 0 aliphatic rings. The summed E-state index contributed by atoms with van der Waals surface area (Å²) >= 11 is 0. The summed E-state index contributed by atoms with van der Waals surface area (Å²) in [6.45, 7) is -0.344. The zero-order chi connectivity index (χ0) is 15.3. The van der Waals surface area contributed by atoms with Gasteiger partial charge in [0.1, 0.15) is 11.8 Å². The molecule has 0 saturated carbocycles. The van der Waals surface area contributed by atoms with Crippen molar-refractivity contribution in [3.05, 3.63) is 29.3 Å². The molecule has 0 aromatic heterocycles. The second-order valence-corrected chi connectivity index (χ2v) is 4.40. The Kier molecular flexibility index (Phi) is 5.36. The second-order valence-electron chi connectivity index (χ2n) is 4.40. The van der Waals surface area contributed by atoms with Crippen molar-refractivity contribution in [3.8, 4) is 11.8 Å². The first-order chi connectivity index (χ1) is 9.27. The van der Waals surface area contributed by atoms with Gasteiger partial charge in [0.15, 0.2) is 6.10 Å². The molecule has 0 saturated heterocycles. The van der Waals surface area contributed by atoms with E-state index in [0.717, 1.165) is 0 Å². The monoisotopic (exact) mass is 288 g/mol. The lowest BCUT2D eigenvalue weighted by Crippen LogP contribution is -2.39. The van der Waals surface area contributed by atoms with Crippen molar-refractivity contribution in [2.75, 3.05) is 20.7 Å². The van der Waals surface area contributed by atoms with Crippen molar-refractivity contribution < 1.29 is 23.0 Å². The van der Waals surface area contributed by atoms with Crippen LogP contribution in [0.2, 0.25) is 0 Å². The molecule has 1 unspecified atom stereocenters. The van der Waals surface area contributed by atoms with Crippen molar-refractivity contribution in [2.24, 2.45) is 0 Å². The fraction of sp³-hybridized carbons (Fsp3) is 0.462. The van der Waals surface area contributed by atoms with Crippen LogP contribution in [0.15, 0.2) is 18.2 Å². The summed E-state index contributed by atoms with van der Waals surface area (Å²) in [5.41, 5.74) is 0.981. The molecule has 1 aromatic rings. The second kappa shape index (κ2) is 6.59. The molecule has 0 aliphatic heterocycles. The van der Waals surface area contributed by atoms with Crippen molar-refractivity contribution in [3.63, 3.8) is 0 Å². The number of nitrogens with zero attached hydrogens (tertiary/aromatic N) is 2. The highest BCUT2D eigenvalue weighted by atomic mass is 19.4. The predicted octanol–water partition coefficient (Wildman–Crippen LogP) is 1.92. The first kappa shape index (κ1) is 16.3. The Morgan fingerprint density at radius 1 is 1.45 bits per heavy atom. The Hall–Kier alpha value is -1.78. The third-order valence-electron chi connectivity index (χ3n) is 2.70. The molecule has 0 fully saturated rings. The normalized spacial score (nSPS) is 13.1. The number of nitriles is 1. The summed E-state index contributed by atoms with van der Waals surface area (Å²) < 4.78 is 41.7. The number of hydrogen-bond donors (Lipinski definition) is 1. The molecule has 110 valence electrons. The summed E-state index contributed by atoms with van der Waals surface area (Å²) in [5.74, 6) is 0.411. The number of ether oxygens (including phenoxy) is 1. The van der Waals surface area contributed by atoms with E-state index in [-0.39, 0.29) is 6.54 Å². The van der Waals surface area contributed by atoms with Gasteiger partial charge in [-0.2, -0.15) is 18.4 Å². The summed E-state index contributed by atoms with van der Waals surface area (Å²) in [5, 5.41) is 17.9. The summed E-state index contributed by atoms with van der Waals surface area (Å²) in [6, 6.07) is 6.75. The Labute approximate surface area is 115 Å². The maximum atomic E-state index is 12.2. The van der Waals surface area contributed by atoms with Crippen LogP contribution < -0.4 is 4.74 Å². The highest BCUT2D eigenvalue weighted by molar-refractivity contribution is 5.45. The van der Waals surface area contributed by atoms with Crippen LogP contribution in [0.25, 0.3) is 0 Å². The first-order valence-electron chi connectivity index (χ1n) is 5.78. The standard InChI is InChI=1S/C13H15F3N2O2/c1-18(8-12(19)13(14,15)16)7-9-3-4-11(20-2)10(5-9)6-17/h3-5,12,19H,7-8H2,1-2H3. The van der Waals surface area contributed by atoms with E-state index in [4.69, 9.17) is 15.1 Å². The molecule has 0 bridgehead atoms. The van der Waals surface area contributed by atoms with Gasteiger partial charge < -0.3 is 9.84 Å². The fourth-order valence-corrected chi connectivity index (χ4v) is 1.72. The highest BCUT2D eigenvalue weighted by Gasteiger charge is 2.38. The van der Waals surface area contributed by atoms with Gasteiger partial charge in [0.25, 0.3) is 0 Å². The Balaban J connectivity index is 2.72. The molecule has 0 aliphatic carbocycles. The molecule has 0 heterocycles. The van der Waals surface area contributed by atoms with E-state index in [1.54, 1.807) is 18.2 Å². The number of alkyl halides is 3. The predicted molar refractivity (Wildman–Crippen MR) is 66.1 cm³/mol. The summed E-state index contributed by atoms with van der Waals surface area (Å²) in [4.78, 5) is 1.33. The number of rotatable bonds is 5. The molecule has 1 rings (SSSR count). The highest BCUT2D eigenvalue weighted by Crippen LogP contribution is 2.22. The van der Waals surface area contributed by atoms with E-state index < -0.39 is 18.8 Å². The summed E-state index contributed by atoms with van der Waals surface area (Å²) in [7, 11) is 2.90. The van der Waals surface area contributed by atoms with Crippen molar-refractivity contribution in [1.29, 1.82) is 5.26 Å².